The number of nitrogens with one attached hydrogen (secondary N) is 2. The van der Waals surface area contributed by atoms with Gasteiger partial charge < -0.3 is 9.72 Å². The first kappa shape index (κ1) is 14.0. The molecule has 0 atom stereocenters. The molecular weight excluding hydrogens is 308 g/mol. The average Bonchev–Trinajstić information content (AvgIpc) is 3.12. The third-order valence-corrected chi connectivity index (χ3v) is 3.89. The summed E-state index contributed by atoms with van der Waals surface area (Å²) in [6.07, 6.45) is 2.68. The molecule has 8 nitrogen and oxygen atoms in total. The lowest BCUT2D eigenvalue weighted by Gasteiger charge is -2.02. The van der Waals surface area contributed by atoms with E-state index in [9.17, 15) is 14.9 Å². The van der Waals surface area contributed by atoms with Crippen molar-refractivity contribution >= 4 is 38.3 Å². The molecular formula is C13H10N4O4S. The molecule has 0 saturated heterocycles. The van der Waals surface area contributed by atoms with Gasteiger partial charge in [-0.3, -0.25) is 20.2 Å². The molecule has 1 aromatic carbocycles. The van der Waals surface area contributed by atoms with Gasteiger partial charge in [0.1, 0.15) is 11.9 Å². The first-order chi connectivity index (χ1) is 10.6. The lowest BCUT2D eigenvalue weighted by atomic mass is 10.1. The van der Waals surface area contributed by atoms with E-state index in [-0.39, 0.29) is 10.1 Å². The van der Waals surface area contributed by atoms with Crippen molar-refractivity contribution in [3.8, 4) is 5.75 Å². The minimum Gasteiger partial charge on any atom is -0.497 e. The summed E-state index contributed by atoms with van der Waals surface area (Å²) in [5, 5.41) is 13.9. The van der Waals surface area contributed by atoms with E-state index in [1.165, 1.54) is 0 Å². The van der Waals surface area contributed by atoms with Crippen LogP contribution in [0, 0.1) is 10.1 Å². The number of nitro groups is 1. The average molecular weight is 318 g/mol. The second-order valence-corrected chi connectivity index (χ2v) is 5.34. The Morgan fingerprint density at radius 3 is 3.00 bits per heavy atom. The molecule has 0 aliphatic carbocycles. The Labute approximate surface area is 127 Å². The summed E-state index contributed by atoms with van der Waals surface area (Å²) in [7, 11) is 1.54. The summed E-state index contributed by atoms with van der Waals surface area (Å²) >= 11 is 0.803. The fourth-order valence-corrected chi connectivity index (χ4v) is 2.61. The number of aromatic nitrogens is 2. The Morgan fingerprint density at radius 2 is 2.32 bits per heavy atom. The van der Waals surface area contributed by atoms with Gasteiger partial charge in [-0.05, 0) is 29.5 Å². The highest BCUT2D eigenvalue weighted by atomic mass is 32.1. The molecule has 0 saturated carbocycles. The first-order valence-corrected chi connectivity index (χ1v) is 6.97. The number of amides is 1. The molecule has 9 heteroatoms. The van der Waals surface area contributed by atoms with Crippen LogP contribution < -0.4 is 10.1 Å². The Bertz CT molecular complexity index is 870. The van der Waals surface area contributed by atoms with Gasteiger partial charge >= 0.3 is 5.00 Å². The normalized spacial score (nSPS) is 10.6. The standard InChI is InChI=1S/C13H10N4O4S/c1-21-7-2-3-10-8(4-7)9(5-14-10)12(18)16-13-15-6-11(22-13)17(19)20/h2-6,14H,1H3,(H,15,16,18). The van der Waals surface area contributed by atoms with Crippen LogP contribution in [0.2, 0.25) is 0 Å². The maximum atomic E-state index is 12.3. The SMILES string of the molecule is COc1ccc2[nH]cc(C(=O)Nc3ncc([N+](=O)[O-])s3)c2c1. The number of H-pyrrole nitrogens is 1. The fourth-order valence-electron chi connectivity index (χ4n) is 1.99. The van der Waals surface area contributed by atoms with E-state index in [2.05, 4.69) is 15.3 Å². The lowest BCUT2D eigenvalue weighted by molar-refractivity contribution is -0.380. The zero-order valence-corrected chi connectivity index (χ0v) is 12.1. The van der Waals surface area contributed by atoms with E-state index in [0.717, 1.165) is 23.1 Å². The smallest absolute Gasteiger partial charge is 0.345 e. The molecule has 112 valence electrons. The highest BCUT2D eigenvalue weighted by Gasteiger charge is 2.17. The van der Waals surface area contributed by atoms with Crippen molar-refractivity contribution in [3.63, 3.8) is 0 Å². The Morgan fingerprint density at radius 1 is 1.50 bits per heavy atom. The first-order valence-electron chi connectivity index (χ1n) is 6.15. The molecule has 3 rings (SSSR count). The van der Waals surface area contributed by atoms with Crippen LogP contribution in [0.5, 0.6) is 5.75 Å². The number of thiazole rings is 1. The van der Waals surface area contributed by atoms with Crippen molar-refractivity contribution < 1.29 is 14.5 Å². The summed E-state index contributed by atoms with van der Waals surface area (Å²) in [6.45, 7) is 0. The molecule has 0 aliphatic heterocycles. The second-order valence-electron chi connectivity index (χ2n) is 4.33. The molecule has 2 aromatic heterocycles. The highest BCUT2D eigenvalue weighted by molar-refractivity contribution is 7.18. The molecule has 2 heterocycles. The molecule has 0 fully saturated rings. The number of carbonyl (C=O) groups excluding carboxylic acids is 1. The maximum Gasteiger partial charge on any atom is 0.345 e. The number of rotatable bonds is 4. The molecule has 22 heavy (non-hydrogen) atoms. The van der Waals surface area contributed by atoms with Gasteiger partial charge in [-0.1, -0.05) is 0 Å². The van der Waals surface area contributed by atoms with Gasteiger partial charge in [-0.25, -0.2) is 4.98 Å². The predicted molar refractivity (Wildman–Crippen MR) is 81.6 cm³/mol. The second kappa shape index (κ2) is 5.45. The van der Waals surface area contributed by atoms with Crippen molar-refractivity contribution in [1.29, 1.82) is 0 Å². The van der Waals surface area contributed by atoms with Crippen molar-refractivity contribution in [1.82, 2.24) is 9.97 Å². The monoisotopic (exact) mass is 318 g/mol. The minimum atomic E-state index is -0.552. The Hall–Kier alpha value is -2.94. The van der Waals surface area contributed by atoms with Crippen LogP contribution in [0.3, 0.4) is 0 Å². The molecule has 0 aliphatic rings. The third kappa shape index (κ3) is 2.49. The van der Waals surface area contributed by atoms with Gasteiger partial charge in [0.05, 0.1) is 17.6 Å². The summed E-state index contributed by atoms with van der Waals surface area (Å²) in [5.41, 5.74) is 1.20. The molecule has 1 amide bonds. The van der Waals surface area contributed by atoms with Gasteiger partial charge in [-0.2, -0.15) is 0 Å². The van der Waals surface area contributed by atoms with E-state index in [4.69, 9.17) is 4.74 Å². The number of carbonyl (C=O) groups is 1. The van der Waals surface area contributed by atoms with Crippen LogP contribution >= 0.6 is 11.3 Å². The van der Waals surface area contributed by atoms with E-state index >= 15 is 0 Å². The Kier molecular flexibility index (Phi) is 3.47. The van der Waals surface area contributed by atoms with Gasteiger partial charge in [0.25, 0.3) is 5.91 Å². The summed E-state index contributed by atoms with van der Waals surface area (Å²) < 4.78 is 5.14. The molecule has 0 radical (unpaired) electrons. The van der Waals surface area contributed by atoms with Gasteiger partial charge in [0.15, 0.2) is 5.13 Å². The maximum absolute atomic E-state index is 12.3. The van der Waals surface area contributed by atoms with E-state index < -0.39 is 10.8 Å². The van der Waals surface area contributed by atoms with Gasteiger partial charge in [-0.15, -0.1) is 0 Å². The van der Waals surface area contributed by atoms with Crippen molar-refractivity contribution in [2.24, 2.45) is 0 Å². The summed E-state index contributed by atoms with van der Waals surface area (Å²) in [5.74, 6) is 0.231. The summed E-state index contributed by atoms with van der Waals surface area (Å²) in [4.78, 5) is 29.2. The molecule has 3 aromatic rings. The molecule has 0 spiro atoms. The lowest BCUT2D eigenvalue weighted by Crippen LogP contribution is -2.10. The number of aromatic amines is 1. The number of benzene rings is 1. The zero-order valence-electron chi connectivity index (χ0n) is 11.3. The zero-order chi connectivity index (χ0) is 15.7. The van der Waals surface area contributed by atoms with Gasteiger partial charge in [0.2, 0.25) is 0 Å². The fraction of sp³-hybridized carbons (Fsp3) is 0.0769. The topological polar surface area (TPSA) is 110 Å². The van der Waals surface area contributed by atoms with Crippen molar-refractivity contribution in [2.45, 2.75) is 0 Å². The number of anilines is 1. The summed E-state index contributed by atoms with van der Waals surface area (Å²) in [6, 6.07) is 5.33. The van der Waals surface area contributed by atoms with E-state index in [0.29, 0.717) is 16.7 Å². The van der Waals surface area contributed by atoms with Crippen LogP contribution in [0.15, 0.2) is 30.6 Å². The van der Waals surface area contributed by atoms with Gasteiger partial charge in [0, 0.05) is 17.1 Å². The number of fused-ring (bicyclic) bond motifs is 1. The van der Waals surface area contributed by atoms with Crippen molar-refractivity contribution in [2.75, 3.05) is 12.4 Å². The van der Waals surface area contributed by atoms with Crippen LogP contribution in [0.25, 0.3) is 10.9 Å². The predicted octanol–water partition coefficient (Wildman–Crippen LogP) is 2.79. The van der Waals surface area contributed by atoms with Crippen LogP contribution in [0.4, 0.5) is 10.1 Å². The van der Waals surface area contributed by atoms with Crippen LogP contribution in [0.1, 0.15) is 10.4 Å². The molecule has 2 N–H and O–H groups in total. The van der Waals surface area contributed by atoms with Crippen LogP contribution in [-0.4, -0.2) is 27.9 Å². The Balaban J connectivity index is 1.89. The molecule has 0 unspecified atom stereocenters. The number of nitrogens with zero attached hydrogens (tertiary/aromatic N) is 2. The van der Waals surface area contributed by atoms with E-state index in [1.54, 1.807) is 31.5 Å². The molecule has 0 bridgehead atoms. The number of hydrogen-bond acceptors (Lipinski definition) is 6. The number of methoxy groups -OCH3 is 1. The largest absolute Gasteiger partial charge is 0.497 e. The third-order valence-electron chi connectivity index (χ3n) is 3.03. The number of hydrogen-bond donors (Lipinski definition) is 2. The van der Waals surface area contributed by atoms with Crippen LogP contribution in [-0.2, 0) is 0 Å². The minimum absolute atomic E-state index is 0.129. The van der Waals surface area contributed by atoms with Crippen molar-refractivity contribution in [3.05, 3.63) is 46.3 Å². The number of ether oxygens (including phenoxy) is 1. The quantitative estimate of drug-likeness (QED) is 0.567. The highest BCUT2D eigenvalue weighted by Crippen LogP contribution is 2.27. The van der Waals surface area contributed by atoms with E-state index in [1.807, 2.05) is 0 Å².